The molecule has 0 unspecified atom stereocenters. The first-order chi connectivity index (χ1) is 6.83. The molecule has 0 atom stereocenters. The molecule has 2 rings (SSSR count). The van der Waals surface area contributed by atoms with Crippen molar-refractivity contribution in [3.8, 4) is 11.8 Å². The summed E-state index contributed by atoms with van der Waals surface area (Å²) in [5.74, 6) is 0.675. The monoisotopic (exact) mass is 206 g/mol. The van der Waals surface area contributed by atoms with Crippen molar-refractivity contribution >= 4 is 11.8 Å². The molecule has 1 saturated carbocycles. The van der Waals surface area contributed by atoms with Crippen LogP contribution < -0.4 is 4.74 Å². The summed E-state index contributed by atoms with van der Waals surface area (Å²) in [6.07, 6.45) is 6.04. The van der Waals surface area contributed by atoms with Gasteiger partial charge >= 0.3 is 0 Å². The second-order valence-corrected chi connectivity index (χ2v) is 3.98. The van der Waals surface area contributed by atoms with Crippen molar-refractivity contribution in [2.45, 2.75) is 24.0 Å². The van der Waals surface area contributed by atoms with E-state index in [-0.39, 0.29) is 0 Å². The second kappa shape index (κ2) is 3.89. The summed E-state index contributed by atoms with van der Waals surface area (Å²) in [6.45, 7) is 0. The van der Waals surface area contributed by atoms with Gasteiger partial charge in [0.15, 0.2) is 0 Å². The summed E-state index contributed by atoms with van der Waals surface area (Å²) < 4.78 is 5.61. The van der Waals surface area contributed by atoms with E-state index in [2.05, 4.69) is 11.1 Å². The summed E-state index contributed by atoms with van der Waals surface area (Å²) >= 11 is 1.55. The molecule has 0 bridgehead atoms. The molecule has 1 aliphatic rings. The summed E-state index contributed by atoms with van der Waals surface area (Å²) in [5.41, 5.74) is 0.523. The molecule has 0 N–H and O–H groups in total. The van der Waals surface area contributed by atoms with Crippen LogP contribution in [0.25, 0.3) is 0 Å². The van der Waals surface area contributed by atoms with Crippen LogP contribution in [0.5, 0.6) is 5.75 Å². The van der Waals surface area contributed by atoms with E-state index in [4.69, 9.17) is 10.00 Å². The Hall–Kier alpha value is -1.21. The minimum atomic E-state index is 0.319. The van der Waals surface area contributed by atoms with Crippen molar-refractivity contribution in [1.82, 2.24) is 4.98 Å². The maximum absolute atomic E-state index is 8.84. The molecule has 1 aromatic rings. The van der Waals surface area contributed by atoms with E-state index in [0.717, 1.165) is 17.9 Å². The van der Waals surface area contributed by atoms with Crippen LogP contribution in [-0.4, -0.2) is 17.3 Å². The Labute approximate surface area is 87.1 Å². The van der Waals surface area contributed by atoms with E-state index < -0.39 is 0 Å². The van der Waals surface area contributed by atoms with Gasteiger partial charge in [-0.15, -0.1) is 11.8 Å². The second-order valence-electron chi connectivity index (χ2n) is 3.15. The van der Waals surface area contributed by atoms with Crippen LogP contribution in [0, 0.1) is 11.3 Å². The Morgan fingerprint density at radius 2 is 2.43 bits per heavy atom. The van der Waals surface area contributed by atoms with Crippen molar-refractivity contribution in [2.24, 2.45) is 0 Å². The first kappa shape index (κ1) is 9.35. The Morgan fingerprint density at radius 1 is 1.64 bits per heavy atom. The van der Waals surface area contributed by atoms with E-state index in [9.17, 15) is 0 Å². The van der Waals surface area contributed by atoms with Gasteiger partial charge in [-0.1, -0.05) is 0 Å². The van der Waals surface area contributed by atoms with E-state index in [0.29, 0.717) is 17.4 Å². The normalized spacial score (nSPS) is 14.9. The Balaban J connectivity index is 2.27. The fourth-order valence-corrected chi connectivity index (χ4v) is 1.46. The molecule has 1 aliphatic carbocycles. The van der Waals surface area contributed by atoms with Gasteiger partial charge in [0.25, 0.3) is 0 Å². The quantitative estimate of drug-likeness (QED) is 0.711. The van der Waals surface area contributed by atoms with Crippen molar-refractivity contribution in [1.29, 1.82) is 5.26 Å². The van der Waals surface area contributed by atoms with Crippen molar-refractivity contribution < 1.29 is 4.74 Å². The number of ether oxygens (including phenoxy) is 1. The third-order valence-corrected chi connectivity index (χ3v) is 2.63. The van der Waals surface area contributed by atoms with Gasteiger partial charge in [0.05, 0.1) is 11.1 Å². The molecule has 1 aromatic heterocycles. The molecule has 3 nitrogen and oxygen atoms in total. The highest BCUT2D eigenvalue weighted by molar-refractivity contribution is 7.98. The number of nitrogens with zero attached hydrogens (tertiary/aromatic N) is 2. The number of hydrogen-bond acceptors (Lipinski definition) is 4. The first-order valence-corrected chi connectivity index (χ1v) is 5.66. The Bertz CT molecular complexity index is 382. The fourth-order valence-electron chi connectivity index (χ4n) is 1.08. The molecular formula is C10H10N2OS. The highest BCUT2D eigenvalue weighted by atomic mass is 32.2. The lowest BCUT2D eigenvalue weighted by molar-refractivity contribution is 0.301. The van der Waals surface area contributed by atoms with Gasteiger partial charge in [0.1, 0.15) is 17.4 Å². The van der Waals surface area contributed by atoms with Gasteiger partial charge in [-0.25, -0.2) is 4.98 Å². The molecule has 0 amide bonds. The predicted molar refractivity (Wildman–Crippen MR) is 54.4 cm³/mol. The zero-order valence-electron chi connectivity index (χ0n) is 7.86. The molecule has 0 aliphatic heterocycles. The third kappa shape index (κ3) is 1.99. The molecule has 1 fully saturated rings. The maximum atomic E-state index is 8.84. The van der Waals surface area contributed by atoms with Crippen molar-refractivity contribution in [3.05, 3.63) is 17.8 Å². The minimum absolute atomic E-state index is 0.319. The first-order valence-electron chi connectivity index (χ1n) is 4.44. The standard InChI is InChI=1S/C10H10N2OS/c1-14-10-4-9(13-8-2-3-8)7(5-11)6-12-10/h4,6,8H,2-3H2,1H3. The molecule has 72 valence electrons. The van der Waals surface area contributed by atoms with Crippen molar-refractivity contribution in [2.75, 3.05) is 6.26 Å². The van der Waals surface area contributed by atoms with Gasteiger partial charge in [0.2, 0.25) is 0 Å². The van der Waals surface area contributed by atoms with Gasteiger partial charge in [-0.2, -0.15) is 5.26 Å². The lowest BCUT2D eigenvalue weighted by Crippen LogP contribution is -1.99. The molecule has 1 heterocycles. The predicted octanol–water partition coefficient (Wildman–Crippen LogP) is 2.22. The number of nitriles is 1. The highest BCUT2D eigenvalue weighted by Crippen LogP contribution is 2.30. The summed E-state index contributed by atoms with van der Waals surface area (Å²) in [5, 5.41) is 9.73. The smallest absolute Gasteiger partial charge is 0.141 e. The molecule has 0 aromatic carbocycles. The third-order valence-electron chi connectivity index (χ3n) is 1.99. The highest BCUT2D eigenvalue weighted by Gasteiger charge is 2.24. The number of rotatable bonds is 3. The van der Waals surface area contributed by atoms with Gasteiger partial charge in [-0.3, -0.25) is 0 Å². The van der Waals surface area contributed by atoms with Crippen LogP contribution in [0.3, 0.4) is 0 Å². The van der Waals surface area contributed by atoms with Crippen molar-refractivity contribution in [3.63, 3.8) is 0 Å². The molecule has 4 heteroatoms. The Kier molecular flexibility index (Phi) is 2.60. The van der Waals surface area contributed by atoms with E-state index in [1.54, 1.807) is 18.0 Å². The van der Waals surface area contributed by atoms with Crippen LogP contribution in [-0.2, 0) is 0 Å². The van der Waals surface area contributed by atoms with Crippen LogP contribution in [0.4, 0.5) is 0 Å². The van der Waals surface area contributed by atoms with Crippen LogP contribution in [0.1, 0.15) is 18.4 Å². The zero-order chi connectivity index (χ0) is 9.97. The lowest BCUT2D eigenvalue weighted by Gasteiger charge is -2.06. The molecular weight excluding hydrogens is 196 g/mol. The Morgan fingerprint density at radius 3 is 3.00 bits per heavy atom. The zero-order valence-corrected chi connectivity index (χ0v) is 8.67. The number of aromatic nitrogens is 1. The average molecular weight is 206 g/mol. The molecule has 14 heavy (non-hydrogen) atoms. The maximum Gasteiger partial charge on any atom is 0.141 e. The topological polar surface area (TPSA) is 45.9 Å². The van der Waals surface area contributed by atoms with E-state index >= 15 is 0 Å². The van der Waals surface area contributed by atoms with Crippen LogP contribution in [0.15, 0.2) is 17.3 Å². The molecule has 0 radical (unpaired) electrons. The molecule has 0 saturated heterocycles. The summed E-state index contributed by atoms with van der Waals surface area (Å²) in [6, 6.07) is 3.92. The largest absolute Gasteiger partial charge is 0.489 e. The number of pyridine rings is 1. The minimum Gasteiger partial charge on any atom is -0.489 e. The van der Waals surface area contributed by atoms with E-state index in [1.807, 2.05) is 12.3 Å². The van der Waals surface area contributed by atoms with E-state index in [1.165, 1.54) is 0 Å². The SMILES string of the molecule is CSc1cc(OC2CC2)c(C#N)cn1. The molecule has 0 spiro atoms. The van der Waals surface area contributed by atoms with Crippen LogP contribution >= 0.6 is 11.8 Å². The van der Waals surface area contributed by atoms with Gasteiger partial charge < -0.3 is 4.74 Å². The van der Waals surface area contributed by atoms with Gasteiger partial charge in [0, 0.05) is 12.3 Å². The average Bonchev–Trinajstić information content (AvgIpc) is 3.01. The van der Waals surface area contributed by atoms with Crippen LogP contribution in [0.2, 0.25) is 0 Å². The van der Waals surface area contributed by atoms with Gasteiger partial charge in [-0.05, 0) is 19.1 Å². The number of hydrogen-bond donors (Lipinski definition) is 0. The fraction of sp³-hybridized carbons (Fsp3) is 0.400. The summed E-state index contributed by atoms with van der Waals surface area (Å²) in [7, 11) is 0. The lowest BCUT2D eigenvalue weighted by atomic mass is 10.3. The summed E-state index contributed by atoms with van der Waals surface area (Å²) in [4.78, 5) is 4.12. The number of thioether (sulfide) groups is 1.